The van der Waals surface area contributed by atoms with Crippen LogP contribution in [0.1, 0.15) is 0 Å². The lowest BCUT2D eigenvalue weighted by Crippen LogP contribution is -2.00. The minimum atomic E-state index is 0.662. The lowest BCUT2D eigenvalue weighted by atomic mass is 10.0. The number of halogens is 1. The normalized spacial score (nSPS) is 11.3. The molecule has 3 nitrogen and oxygen atoms in total. The summed E-state index contributed by atoms with van der Waals surface area (Å²) in [6, 6.07) is 41.1. The molecule has 0 unspecified atom stereocenters. The highest BCUT2D eigenvalue weighted by Crippen LogP contribution is 2.43. The quantitative estimate of drug-likeness (QED) is 0.229. The highest BCUT2D eigenvalue weighted by Gasteiger charge is 2.17. The second-order valence-electron chi connectivity index (χ2n) is 9.01. The van der Waals surface area contributed by atoms with E-state index in [1.165, 1.54) is 21.0 Å². The molecule has 0 saturated carbocycles. The summed E-state index contributed by atoms with van der Waals surface area (Å²) in [7, 11) is 0. The van der Waals surface area contributed by atoms with Gasteiger partial charge < -0.3 is 0 Å². The highest BCUT2D eigenvalue weighted by atomic mass is 35.5. The number of nitrogens with zero attached hydrogens (tertiary/aromatic N) is 3. The van der Waals surface area contributed by atoms with Crippen LogP contribution in [0.15, 0.2) is 121 Å². The lowest BCUT2D eigenvalue weighted by Gasteiger charge is -2.09. The number of thiophene rings is 1. The van der Waals surface area contributed by atoms with Crippen LogP contribution in [-0.4, -0.2) is 15.0 Å². The first kappa shape index (κ1) is 22.8. The number of hydrogen-bond acceptors (Lipinski definition) is 4. The molecular formula is C33H20ClN3S. The van der Waals surface area contributed by atoms with Crippen LogP contribution in [0.3, 0.4) is 0 Å². The Bertz CT molecular complexity index is 1860. The smallest absolute Gasteiger partial charge is 0.165 e. The summed E-state index contributed by atoms with van der Waals surface area (Å²) < 4.78 is 2.39. The Labute approximate surface area is 229 Å². The molecule has 0 atom stereocenters. The van der Waals surface area contributed by atoms with E-state index < -0.39 is 0 Å². The number of fused-ring (bicyclic) bond motifs is 3. The molecule has 0 fully saturated rings. The average molecular weight is 526 g/mol. The van der Waals surface area contributed by atoms with Gasteiger partial charge in [-0.05, 0) is 29.3 Å². The molecule has 0 saturated heterocycles. The van der Waals surface area contributed by atoms with E-state index in [9.17, 15) is 0 Å². The maximum absolute atomic E-state index is 6.17. The second kappa shape index (κ2) is 9.49. The van der Waals surface area contributed by atoms with Crippen LogP contribution in [0.4, 0.5) is 0 Å². The van der Waals surface area contributed by atoms with Crippen molar-refractivity contribution in [2.45, 2.75) is 0 Å². The third-order valence-electron chi connectivity index (χ3n) is 6.62. The van der Waals surface area contributed by atoms with Crippen molar-refractivity contribution in [1.29, 1.82) is 0 Å². The van der Waals surface area contributed by atoms with E-state index >= 15 is 0 Å². The molecule has 38 heavy (non-hydrogen) atoms. The molecule has 0 bridgehead atoms. The average Bonchev–Trinajstić information content (AvgIpc) is 3.37. The summed E-state index contributed by atoms with van der Waals surface area (Å²) in [6.07, 6.45) is 0. The van der Waals surface area contributed by atoms with Crippen LogP contribution in [0.25, 0.3) is 65.5 Å². The summed E-state index contributed by atoms with van der Waals surface area (Å²) in [5, 5.41) is 3.15. The van der Waals surface area contributed by atoms with Gasteiger partial charge in [0.05, 0.1) is 0 Å². The molecule has 0 N–H and O–H groups in total. The largest absolute Gasteiger partial charge is 0.208 e. The maximum atomic E-state index is 6.17. The first-order valence-corrected chi connectivity index (χ1v) is 13.5. The minimum absolute atomic E-state index is 0.662. The Balaban J connectivity index is 1.47. The lowest BCUT2D eigenvalue weighted by molar-refractivity contribution is 1.08. The van der Waals surface area contributed by atoms with Gasteiger partial charge in [0.25, 0.3) is 0 Å². The van der Waals surface area contributed by atoms with Crippen molar-refractivity contribution in [3.63, 3.8) is 0 Å². The van der Waals surface area contributed by atoms with Crippen molar-refractivity contribution in [1.82, 2.24) is 15.0 Å². The molecule has 0 amide bonds. The summed E-state index contributed by atoms with van der Waals surface area (Å²) in [5.74, 6) is 1.99. The van der Waals surface area contributed by atoms with Gasteiger partial charge >= 0.3 is 0 Å². The fraction of sp³-hybridized carbons (Fsp3) is 0. The van der Waals surface area contributed by atoms with Crippen molar-refractivity contribution in [2.75, 3.05) is 0 Å². The zero-order valence-electron chi connectivity index (χ0n) is 20.2. The van der Waals surface area contributed by atoms with Crippen LogP contribution in [0.5, 0.6) is 0 Å². The fourth-order valence-corrected chi connectivity index (χ4v) is 6.25. The predicted octanol–water partition coefficient (Wildman–Crippen LogP) is 9.56. The van der Waals surface area contributed by atoms with E-state index in [2.05, 4.69) is 48.5 Å². The van der Waals surface area contributed by atoms with E-state index in [0.717, 1.165) is 32.0 Å². The van der Waals surface area contributed by atoms with E-state index in [1.807, 2.05) is 72.8 Å². The summed E-state index contributed by atoms with van der Waals surface area (Å²) in [6.45, 7) is 0. The van der Waals surface area contributed by atoms with Gasteiger partial charge in [0.15, 0.2) is 17.5 Å². The van der Waals surface area contributed by atoms with Gasteiger partial charge in [-0.25, -0.2) is 15.0 Å². The molecular weight excluding hydrogens is 506 g/mol. The molecule has 2 aromatic heterocycles. The van der Waals surface area contributed by atoms with Crippen LogP contribution in [0.2, 0.25) is 5.02 Å². The van der Waals surface area contributed by atoms with Crippen molar-refractivity contribution in [3.8, 4) is 45.3 Å². The first-order chi connectivity index (χ1) is 18.7. The predicted molar refractivity (Wildman–Crippen MR) is 159 cm³/mol. The Morgan fingerprint density at radius 3 is 1.50 bits per heavy atom. The van der Waals surface area contributed by atoms with Crippen LogP contribution in [0, 0.1) is 0 Å². The number of hydrogen-bond donors (Lipinski definition) is 0. The summed E-state index contributed by atoms with van der Waals surface area (Å²) in [4.78, 5) is 14.8. The third-order valence-corrected chi connectivity index (χ3v) is 8.16. The van der Waals surface area contributed by atoms with Gasteiger partial charge in [-0.1, -0.05) is 115 Å². The summed E-state index contributed by atoms with van der Waals surface area (Å²) >= 11 is 7.95. The molecule has 7 aromatic rings. The Kier molecular flexibility index (Phi) is 5.69. The Morgan fingerprint density at radius 2 is 0.921 bits per heavy atom. The standard InChI is InChI=1S/C33H20ClN3S/c34-24-19-17-21(18-20-24)25-13-7-14-26-27-15-8-16-28(30(27)38-29(25)26)33-36-31(22-9-3-1-4-10-22)35-32(37-33)23-11-5-2-6-12-23/h1-20H. The van der Waals surface area contributed by atoms with E-state index in [1.54, 1.807) is 11.3 Å². The number of aromatic nitrogens is 3. The van der Waals surface area contributed by atoms with Gasteiger partial charge in [-0.15, -0.1) is 11.3 Å². The van der Waals surface area contributed by atoms with E-state index in [4.69, 9.17) is 26.6 Å². The number of rotatable bonds is 4. The van der Waals surface area contributed by atoms with Crippen molar-refractivity contribution in [3.05, 3.63) is 126 Å². The van der Waals surface area contributed by atoms with E-state index in [-0.39, 0.29) is 0 Å². The van der Waals surface area contributed by atoms with Crippen molar-refractivity contribution >= 4 is 43.1 Å². The van der Waals surface area contributed by atoms with Gasteiger partial charge in [0, 0.05) is 41.9 Å². The highest BCUT2D eigenvalue weighted by molar-refractivity contribution is 7.26. The molecule has 180 valence electrons. The van der Waals surface area contributed by atoms with Crippen molar-refractivity contribution in [2.24, 2.45) is 0 Å². The molecule has 0 aliphatic rings. The van der Waals surface area contributed by atoms with Crippen LogP contribution in [-0.2, 0) is 0 Å². The van der Waals surface area contributed by atoms with Gasteiger partial charge in [-0.2, -0.15) is 0 Å². The molecule has 0 spiro atoms. The number of benzene rings is 5. The van der Waals surface area contributed by atoms with Crippen molar-refractivity contribution < 1.29 is 0 Å². The van der Waals surface area contributed by atoms with Crippen LogP contribution >= 0.6 is 22.9 Å². The van der Waals surface area contributed by atoms with Crippen LogP contribution < -0.4 is 0 Å². The molecule has 5 aromatic carbocycles. The molecule has 0 aliphatic carbocycles. The molecule has 5 heteroatoms. The molecule has 0 aliphatic heterocycles. The van der Waals surface area contributed by atoms with Gasteiger partial charge in [0.1, 0.15) is 0 Å². The fourth-order valence-electron chi connectivity index (χ4n) is 4.78. The molecule has 7 rings (SSSR count). The Hall–Kier alpha value is -4.38. The maximum Gasteiger partial charge on any atom is 0.165 e. The SMILES string of the molecule is Clc1ccc(-c2cccc3c2sc2c(-c4nc(-c5ccccc5)nc(-c5ccccc5)n4)cccc23)cc1. The van der Waals surface area contributed by atoms with E-state index in [0.29, 0.717) is 17.5 Å². The first-order valence-electron chi connectivity index (χ1n) is 12.3. The Morgan fingerprint density at radius 1 is 0.421 bits per heavy atom. The third kappa shape index (κ3) is 4.04. The topological polar surface area (TPSA) is 38.7 Å². The monoisotopic (exact) mass is 525 g/mol. The molecule has 2 heterocycles. The molecule has 0 radical (unpaired) electrons. The minimum Gasteiger partial charge on any atom is -0.208 e. The van der Waals surface area contributed by atoms with Gasteiger partial charge in [-0.3, -0.25) is 0 Å². The van der Waals surface area contributed by atoms with Gasteiger partial charge in [0.2, 0.25) is 0 Å². The zero-order chi connectivity index (χ0) is 25.5. The summed E-state index contributed by atoms with van der Waals surface area (Å²) in [5.41, 5.74) is 5.26. The second-order valence-corrected chi connectivity index (χ2v) is 10.5. The zero-order valence-corrected chi connectivity index (χ0v) is 21.7.